The zero-order valence-corrected chi connectivity index (χ0v) is 19.6. The van der Waals surface area contributed by atoms with E-state index >= 15 is 0 Å². The molecule has 0 bridgehead atoms. The van der Waals surface area contributed by atoms with Crippen LogP contribution in [-0.2, 0) is 17.9 Å². The molecule has 1 atom stereocenters. The Morgan fingerprint density at radius 2 is 2.00 bits per heavy atom. The van der Waals surface area contributed by atoms with Crippen molar-refractivity contribution in [2.45, 2.75) is 44.3 Å². The predicted molar refractivity (Wildman–Crippen MR) is 127 cm³/mol. The number of hydrogen-bond acceptors (Lipinski definition) is 7. The number of nitrogens with one attached hydrogen (secondary N) is 1. The maximum Gasteiger partial charge on any atom is 0.237 e. The Morgan fingerprint density at radius 1 is 1.24 bits per heavy atom. The van der Waals surface area contributed by atoms with Gasteiger partial charge in [0.1, 0.15) is 12.4 Å². The molecule has 1 aliphatic heterocycles. The molecule has 0 unspecified atom stereocenters. The minimum atomic E-state index is -0.407. The molecule has 4 rings (SSSR count). The number of amides is 1. The number of para-hydroxylation sites is 1. The molecule has 0 fully saturated rings. The van der Waals surface area contributed by atoms with E-state index in [0.717, 1.165) is 16.9 Å². The minimum Gasteiger partial charge on any atom is -0.485 e. The van der Waals surface area contributed by atoms with E-state index in [1.165, 1.54) is 11.8 Å². The number of nitrogens with zero attached hydrogens (tertiary/aromatic N) is 3. The summed E-state index contributed by atoms with van der Waals surface area (Å²) in [5.41, 5.74) is 2.77. The summed E-state index contributed by atoms with van der Waals surface area (Å²) >= 11 is 1.33. The maximum atomic E-state index is 12.8. The van der Waals surface area contributed by atoms with Crippen LogP contribution in [0.5, 0.6) is 17.2 Å². The lowest BCUT2D eigenvalue weighted by Crippen LogP contribution is -2.23. The second-order valence-electron chi connectivity index (χ2n) is 7.63. The summed E-state index contributed by atoms with van der Waals surface area (Å²) in [5, 5.41) is 11.7. The lowest BCUT2D eigenvalue weighted by atomic mass is 10.1. The standard InChI is InChI=1S/C24H26N4O4S/c1-5-11-28-21(13-30-22-15(2)7-6-8-16(22)3)26-27-24(28)33-17(4)23(29)25-18-9-10-19-20(12-18)32-14-31-19/h5-10,12,17H,1,11,13-14H2,2-4H3,(H,25,29)/t17-/m1/s1. The molecular weight excluding hydrogens is 440 g/mol. The van der Waals surface area contributed by atoms with Crippen LogP contribution in [0.4, 0.5) is 5.69 Å². The Kier molecular flexibility index (Phi) is 6.88. The van der Waals surface area contributed by atoms with E-state index in [2.05, 4.69) is 22.1 Å². The van der Waals surface area contributed by atoms with Gasteiger partial charge in [0.15, 0.2) is 22.5 Å². The fourth-order valence-corrected chi connectivity index (χ4v) is 4.30. The Bertz CT molecular complexity index is 1160. The summed E-state index contributed by atoms with van der Waals surface area (Å²) < 4.78 is 18.6. The van der Waals surface area contributed by atoms with Gasteiger partial charge >= 0.3 is 0 Å². The van der Waals surface area contributed by atoms with Crippen molar-refractivity contribution in [3.63, 3.8) is 0 Å². The molecule has 0 spiro atoms. The van der Waals surface area contributed by atoms with E-state index in [9.17, 15) is 4.79 Å². The molecule has 0 saturated heterocycles. The van der Waals surface area contributed by atoms with Crippen molar-refractivity contribution in [2.24, 2.45) is 0 Å². The Morgan fingerprint density at radius 3 is 2.76 bits per heavy atom. The minimum absolute atomic E-state index is 0.152. The lowest BCUT2D eigenvalue weighted by Gasteiger charge is -2.14. The van der Waals surface area contributed by atoms with Crippen molar-refractivity contribution >= 4 is 23.4 Å². The molecule has 2 heterocycles. The largest absolute Gasteiger partial charge is 0.485 e. The van der Waals surface area contributed by atoms with Gasteiger partial charge in [-0.25, -0.2) is 0 Å². The maximum absolute atomic E-state index is 12.8. The third kappa shape index (κ3) is 5.14. The van der Waals surface area contributed by atoms with Crippen molar-refractivity contribution in [2.75, 3.05) is 12.1 Å². The van der Waals surface area contributed by atoms with E-state index in [1.54, 1.807) is 24.3 Å². The number of rotatable bonds is 9. The number of ether oxygens (including phenoxy) is 3. The molecule has 0 saturated carbocycles. The first kappa shape index (κ1) is 22.7. The van der Waals surface area contributed by atoms with Gasteiger partial charge in [-0.3, -0.25) is 9.36 Å². The second kappa shape index (κ2) is 9.99. The predicted octanol–water partition coefficient (Wildman–Crippen LogP) is 4.51. The number of aryl methyl sites for hydroxylation is 2. The van der Waals surface area contributed by atoms with E-state index in [-0.39, 0.29) is 19.3 Å². The van der Waals surface area contributed by atoms with Crippen LogP contribution < -0.4 is 19.5 Å². The summed E-state index contributed by atoms with van der Waals surface area (Å²) in [4.78, 5) is 12.8. The highest BCUT2D eigenvalue weighted by molar-refractivity contribution is 8.00. The normalized spacial score (nSPS) is 12.9. The van der Waals surface area contributed by atoms with Crippen molar-refractivity contribution in [3.8, 4) is 17.2 Å². The van der Waals surface area contributed by atoms with Gasteiger partial charge in [-0.05, 0) is 44.0 Å². The molecule has 33 heavy (non-hydrogen) atoms. The quantitative estimate of drug-likeness (QED) is 0.367. The van der Waals surface area contributed by atoms with E-state index < -0.39 is 5.25 Å². The average molecular weight is 467 g/mol. The lowest BCUT2D eigenvalue weighted by molar-refractivity contribution is -0.115. The highest BCUT2D eigenvalue weighted by atomic mass is 32.2. The van der Waals surface area contributed by atoms with Crippen LogP contribution in [0.1, 0.15) is 23.9 Å². The van der Waals surface area contributed by atoms with Gasteiger partial charge in [-0.2, -0.15) is 0 Å². The summed E-state index contributed by atoms with van der Waals surface area (Å²) in [5.74, 6) is 2.65. The fraction of sp³-hybridized carbons (Fsp3) is 0.292. The number of allylic oxidation sites excluding steroid dienone is 1. The third-order valence-corrected chi connectivity index (χ3v) is 6.23. The van der Waals surface area contributed by atoms with Gasteiger partial charge in [0.05, 0.1) is 5.25 Å². The molecule has 9 heteroatoms. The number of carbonyl (C=O) groups is 1. The number of thioether (sulfide) groups is 1. The molecular formula is C24H26N4O4S. The smallest absolute Gasteiger partial charge is 0.237 e. The topological polar surface area (TPSA) is 87.5 Å². The van der Waals surface area contributed by atoms with Gasteiger partial charge in [-0.15, -0.1) is 16.8 Å². The Hall–Kier alpha value is -3.46. The van der Waals surface area contributed by atoms with Gasteiger partial charge < -0.3 is 19.5 Å². The van der Waals surface area contributed by atoms with Crippen molar-refractivity contribution < 1.29 is 19.0 Å². The molecule has 172 valence electrons. The summed E-state index contributed by atoms with van der Waals surface area (Å²) in [6.45, 7) is 10.7. The highest BCUT2D eigenvalue weighted by Gasteiger charge is 2.21. The van der Waals surface area contributed by atoms with Gasteiger partial charge in [0, 0.05) is 18.3 Å². The Labute approximate surface area is 197 Å². The highest BCUT2D eigenvalue weighted by Crippen LogP contribution is 2.34. The first-order chi connectivity index (χ1) is 16.0. The second-order valence-corrected chi connectivity index (χ2v) is 8.93. The average Bonchev–Trinajstić information content (AvgIpc) is 3.40. The first-order valence-corrected chi connectivity index (χ1v) is 11.4. The monoisotopic (exact) mass is 466 g/mol. The van der Waals surface area contributed by atoms with Crippen LogP contribution in [0.2, 0.25) is 0 Å². The van der Waals surface area contributed by atoms with Crippen LogP contribution in [-0.4, -0.2) is 32.7 Å². The van der Waals surface area contributed by atoms with E-state index in [0.29, 0.717) is 34.7 Å². The molecule has 1 aromatic heterocycles. The van der Waals surface area contributed by atoms with Crippen molar-refractivity contribution in [3.05, 3.63) is 66.0 Å². The number of hydrogen-bond donors (Lipinski definition) is 1. The zero-order valence-electron chi connectivity index (χ0n) is 18.8. The van der Waals surface area contributed by atoms with E-state index in [1.807, 2.05) is 43.5 Å². The SMILES string of the molecule is C=CCn1c(COc2c(C)cccc2C)nnc1S[C@H](C)C(=O)Nc1ccc2c(c1)OCO2. The van der Waals surface area contributed by atoms with Crippen LogP contribution in [0, 0.1) is 13.8 Å². The molecule has 1 amide bonds. The number of benzene rings is 2. The van der Waals surface area contributed by atoms with Crippen LogP contribution >= 0.6 is 11.8 Å². The van der Waals surface area contributed by atoms with Crippen LogP contribution in [0.3, 0.4) is 0 Å². The third-order valence-electron chi connectivity index (χ3n) is 5.15. The van der Waals surface area contributed by atoms with Crippen LogP contribution in [0.15, 0.2) is 54.2 Å². The molecule has 1 aliphatic rings. The summed E-state index contributed by atoms with van der Waals surface area (Å²) in [6, 6.07) is 11.3. The van der Waals surface area contributed by atoms with E-state index in [4.69, 9.17) is 14.2 Å². The molecule has 3 aromatic rings. The number of aromatic nitrogens is 3. The molecule has 0 radical (unpaired) electrons. The van der Waals surface area contributed by atoms with Crippen LogP contribution in [0.25, 0.3) is 0 Å². The van der Waals surface area contributed by atoms with Gasteiger partial charge in [0.2, 0.25) is 12.7 Å². The fourth-order valence-electron chi connectivity index (χ4n) is 3.42. The van der Waals surface area contributed by atoms with Gasteiger partial charge in [-0.1, -0.05) is 36.0 Å². The zero-order chi connectivity index (χ0) is 23.4. The van der Waals surface area contributed by atoms with Gasteiger partial charge in [0.25, 0.3) is 0 Å². The molecule has 1 N–H and O–H groups in total. The molecule has 2 aromatic carbocycles. The number of fused-ring (bicyclic) bond motifs is 1. The van der Waals surface area contributed by atoms with Crippen molar-refractivity contribution in [1.82, 2.24) is 14.8 Å². The summed E-state index contributed by atoms with van der Waals surface area (Å²) in [7, 11) is 0. The number of carbonyl (C=O) groups excluding carboxylic acids is 1. The van der Waals surface area contributed by atoms with Crippen molar-refractivity contribution in [1.29, 1.82) is 0 Å². The molecule has 0 aliphatic carbocycles. The molecule has 8 nitrogen and oxygen atoms in total. The first-order valence-electron chi connectivity index (χ1n) is 10.6. The number of anilines is 1. The summed E-state index contributed by atoms with van der Waals surface area (Å²) in [6.07, 6.45) is 1.77. The Balaban J connectivity index is 1.43.